The molecule has 8 aliphatic heterocycles. The van der Waals surface area contributed by atoms with E-state index in [1.165, 1.54) is 0 Å². The van der Waals surface area contributed by atoms with Gasteiger partial charge in [0.2, 0.25) is 0 Å². The molecule has 4 N–H and O–H groups in total. The quantitative estimate of drug-likeness (QED) is 0.124. The van der Waals surface area contributed by atoms with Gasteiger partial charge in [-0.2, -0.15) is 0 Å². The number of azide groups is 1. The predicted molar refractivity (Wildman–Crippen MR) is 238 cm³/mol. The zero-order valence-electron chi connectivity index (χ0n) is 40.0. The third-order valence-corrected chi connectivity index (χ3v) is 17.3. The van der Waals surface area contributed by atoms with Crippen molar-refractivity contribution >= 4 is 23.7 Å². The van der Waals surface area contributed by atoms with Crippen LogP contribution < -0.4 is 16.0 Å². The summed E-state index contributed by atoms with van der Waals surface area (Å²) in [5.74, 6) is -5.97. The summed E-state index contributed by atoms with van der Waals surface area (Å²) < 4.78 is 77.3. The summed E-state index contributed by atoms with van der Waals surface area (Å²) in [5, 5.41) is 22.7. The van der Waals surface area contributed by atoms with Crippen molar-refractivity contribution < 1.29 is 81.1 Å². The summed E-state index contributed by atoms with van der Waals surface area (Å²) in [6.07, 6.45) is 3.78. The first kappa shape index (κ1) is 48.6. The molecule has 4 spiro atoms. The molecule has 23 nitrogen and oxygen atoms in total. The van der Waals surface area contributed by atoms with Crippen LogP contribution in [0.15, 0.2) is 5.11 Å². The lowest BCUT2D eigenvalue weighted by atomic mass is 9.94. The molecule has 0 aromatic carbocycles. The molecule has 23 heteroatoms. The highest BCUT2D eigenvalue weighted by Crippen LogP contribution is 2.50. The fraction of sp³-hybridized carbons (Fsp3) is 0.917. The largest absolute Gasteiger partial charge is 0.479 e. The molecule has 12 aliphatic rings. The average Bonchev–Trinajstić information content (AvgIpc) is 4.26. The van der Waals surface area contributed by atoms with Gasteiger partial charge in [-0.05, 0) is 56.9 Å². The lowest BCUT2D eigenvalue weighted by Crippen LogP contribution is -2.48. The molecule has 4 unspecified atom stereocenters. The average molecular weight is 1000 g/mol. The third-order valence-electron chi connectivity index (χ3n) is 17.3. The van der Waals surface area contributed by atoms with E-state index in [9.17, 15) is 24.3 Å². The fourth-order valence-corrected chi connectivity index (χ4v) is 13.9. The normalized spacial score (nSPS) is 42.9. The molecule has 0 bridgehead atoms. The van der Waals surface area contributed by atoms with E-state index < -0.39 is 145 Å². The molecule has 3 amide bonds. The van der Waals surface area contributed by atoms with Crippen LogP contribution in [0, 0.1) is 0 Å². The van der Waals surface area contributed by atoms with Crippen LogP contribution in [-0.2, 0) is 76.0 Å². The molecule has 8 heterocycles. The highest BCUT2D eigenvalue weighted by Gasteiger charge is 2.65. The van der Waals surface area contributed by atoms with Crippen LogP contribution in [0.25, 0.3) is 10.4 Å². The Kier molecular flexibility index (Phi) is 13.3. The van der Waals surface area contributed by atoms with Crippen molar-refractivity contribution in [1.29, 1.82) is 0 Å². The number of aliphatic carboxylic acids is 1. The van der Waals surface area contributed by atoms with Crippen molar-refractivity contribution in [3.63, 3.8) is 0 Å². The Morgan fingerprint density at radius 1 is 0.423 bits per heavy atom. The third kappa shape index (κ3) is 9.05. The number of carbonyl (C=O) groups excluding carboxylic acids is 3. The van der Waals surface area contributed by atoms with Gasteiger partial charge in [0.05, 0.1) is 12.6 Å². The number of carbonyl (C=O) groups is 4. The fourth-order valence-electron chi connectivity index (χ4n) is 13.9. The number of ether oxygens (including phenoxy) is 12. The van der Waals surface area contributed by atoms with Gasteiger partial charge in [-0.15, -0.1) is 0 Å². The van der Waals surface area contributed by atoms with Crippen LogP contribution in [0.2, 0.25) is 0 Å². The molecule has 16 atom stereocenters. The number of hydrogen-bond donors (Lipinski definition) is 4. The van der Waals surface area contributed by atoms with Crippen molar-refractivity contribution in [3.05, 3.63) is 10.4 Å². The zero-order valence-corrected chi connectivity index (χ0v) is 40.0. The second-order valence-corrected chi connectivity index (χ2v) is 21.9. The predicted octanol–water partition coefficient (Wildman–Crippen LogP) is 2.58. The van der Waals surface area contributed by atoms with Crippen molar-refractivity contribution in [2.75, 3.05) is 26.2 Å². The summed E-state index contributed by atoms with van der Waals surface area (Å²) in [7, 11) is 0. The van der Waals surface area contributed by atoms with Crippen LogP contribution in [-0.4, -0.2) is 176 Å². The maximum Gasteiger partial charge on any atom is 0.335 e. The molecule has 71 heavy (non-hydrogen) atoms. The number of amides is 3. The van der Waals surface area contributed by atoms with Crippen molar-refractivity contribution in [2.45, 2.75) is 249 Å². The second kappa shape index (κ2) is 19.4. The minimum absolute atomic E-state index is 0.0127. The zero-order chi connectivity index (χ0) is 48.5. The maximum atomic E-state index is 14.4. The molecule has 12 rings (SSSR count). The summed E-state index contributed by atoms with van der Waals surface area (Å²) in [6, 6.07) is 0. The number of nitrogens with zero attached hydrogens (tertiary/aromatic N) is 3. The van der Waals surface area contributed by atoms with E-state index in [0.29, 0.717) is 51.4 Å². The van der Waals surface area contributed by atoms with Gasteiger partial charge in [-0.1, -0.05) is 30.8 Å². The molecule has 392 valence electrons. The Balaban J connectivity index is 0.708. The van der Waals surface area contributed by atoms with Crippen LogP contribution >= 0.6 is 0 Å². The number of nitrogens with one attached hydrogen (secondary N) is 3. The van der Waals surface area contributed by atoms with Crippen LogP contribution in [0.1, 0.15) is 128 Å². The van der Waals surface area contributed by atoms with Gasteiger partial charge in [0.25, 0.3) is 17.7 Å². The molecule has 4 aliphatic carbocycles. The second-order valence-electron chi connectivity index (χ2n) is 21.9. The van der Waals surface area contributed by atoms with E-state index in [-0.39, 0.29) is 26.2 Å². The highest BCUT2D eigenvalue weighted by molar-refractivity contribution is 5.84. The first-order chi connectivity index (χ1) is 34.5. The molecule has 8 saturated heterocycles. The van der Waals surface area contributed by atoms with Gasteiger partial charge in [0.15, 0.2) is 47.6 Å². The van der Waals surface area contributed by atoms with Crippen LogP contribution in [0.3, 0.4) is 0 Å². The first-order valence-corrected chi connectivity index (χ1v) is 26.6. The van der Waals surface area contributed by atoms with Crippen molar-refractivity contribution in [3.8, 4) is 0 Å². The van der Waals surface area contributed by atoms with Crippen molar-refractivity contribution in [1.82, 2.24) is 16.0 Å². The lowest BCUT2D eigenvalue weighted by Gasteiger charge is -2.34. The van der Waals surface area contributed by atoms with E-state index in [1.807, 2.05) is 0 Å². The Bertz CT molecular complexity index is 2070. The standard InChI is InChI=1S/C48H68N6O17/c49-54-53-24-28-32-35(70-47(67-32)17-9-3-10-18-47)39(62-28)43(57)51-22-26-30-33(68-45(65-30)13-5-1-6-14-45)37(60-26)41(55)50-21-25-29-34(69-46(64-29)15-7-2-8-16-46)38(61-25)42(56)52-23-27-31-36(40(63-27)44(58)59)71-48(66-31)19-11-4-12-20-48/h25-40H,1-24H2,(H,50,55)(H,51,57)(H,52,56)(H,58,59)/t25-,26-,27-,28-,29-,30-,31-,32-,33?,34?,35?,36?,37-,38-,39-,40-/m1/s1. The Labute approximate surface area is 410 Å². The molecule has 0 radical (unpaired) electrons. The molecule has 0 aromatic rings. The van der Waals surface area contributed by atoms with Gasteiger partial charge in [0.1, 0.15) is 67.1 Å². The van der Waals surface area contributed by atoms with E-state index in [1.54, 1.807) is 0 Å². The van der Waals surface area contributed by atoms with Crippen LogP contribution in [0.5, 0.6) is 0 Å². The molecule has 4 saturated carbocycles. The van der Waals surface area contributed by atoms with Gasteiger partial charge < -0.3 is 77.9 Å². The molecule has 12 fully saturated rings. The van der Waals surface area contributed by atoms with Crippen molar-refractivity contribution in [2.24, 2.45) is 5.11 Å². The molecular weight excluding hydrogens is 933 g/mol. The monoisotopic (exact) mass is 1000 g/mol. The van der Waals surface area contributed by atoms with Crippen LogP contribution in [0.4, 0.5) is 0 Å². The highest BCUT2D eigenvalue weighted by atomic mass is 16.8. The Morgan fingerprint density at radius 3 is 1.00 bits per heavy atom. The number of carboxylic acids is 1. The maximum absolute atomic E-state index is 14.4. The van der Waals surface area contributed by atoms with Gasteiger partial charge in [-0.3, -0.25) is 14.4 Å². The Hall–Kier alpha value is -3.29. The summed E-state index contributed by atoms with van der Waals surface area (Å²) in [6.45, 7) is -0.117. The van der Waals surface area contributed by atoms with Gasteiger partial charge in [0, 0.05) is 75.9 Å². The van der Waals surface area contributed by atoms with E-state index in [2.05, 4.69) is 26.0 Å². The number of fused-ring (bicyclic) bond motifs is 4. The Morgan fingerprint density at radius 2 is 0.690 bits per heavy atom. The minimum Gasteiger partial charge on any atom is -0.479 e. The SMILES string of the molecule is [N-]=[N+]=NC[C@H]1O[C@@H](C(=O)NC[C@H]2O[C@@H](C(=O)NC[C@H]3O[C@@H](C(=O)NC[C@H]4O[C@@H](C(=O)O)C5OC6(CCCCC6)O[C@@H]54)C4OC5(CCCCC5)O[C@@H]43)C3OC4(CCCCC4)O[C@@H]32)C2OC3(CCCCC3)O[C@@H]21. The van der Waals surface area contributed by atoms with E-state index in [0.717, 1.165) is 77.0 Å². The molecule has 0 aromatic heterocycles. The smallest absolute Gasteiger partial charge is 0.335 e. The van der Waals surface area contributed by atoms with Gasteiger partial charge in [-0.25, -0.2) is 4.79 Å². The first-order valence-electron chi connectivity index (χ1n) is 26.6. The number of hydrogen-bond acceptors (Lipinski definition) is 17. The summed E-state index contributed by atoms with van der Waals surface area (Å²) in [5.41, 5.74) is 9.07. The summed E-state index contributed by atoms with van der Waals surface area (Å²) >= 11 is 0. The number of carboxylic acid groups (broad SMARTS) is 1. The lowest BCUT2D eigenvalue weighted by molar-refractivity contribution is -0.225. The van der Waals surface area contributed by atoms with E-state index in [4.69, 9.17) is 62.4 Å². The van der Waals surface area contributed by atoms with E-state index >= 15 is 0 Å². The minimum atomic E-state index is -1.24. The summed E-state index contributed by atoms with van der Waals surface area (Å²) in [4.78, 5) is 57.8. The topological polar surface area (TPSA) is 284 Å². The number of rotatable bonds is 12. The van der Waals surface area contributed by atoms with Gasteiger partial charge >= 0.3 is 5.97 Å². The molecular formula is C48H68N6O17.